The summed E-state index contributed by atoms with van der Waals surface area (Å²) in [4.78, 5) is 33.9. The Kier molecular flexibility index (Phi) is 6.80. The van der Waals surface area contributed by atoms with Crippen molar-refractivity contribution in [1.29, 1.82) is 0 Å². The van der Waals surface area contributed by atoms with E-state index in [-0.39, 0.29) is 28.5 Å². The number of anilines is 1. The van der Waals surface area contributed by atoms with Gasteiger partial charge in [0.1, 0.15) is 17.2 Å². The van der Waals surface area contributed by atoms with Gasteiger partial charge in [0.05, 0.1) is 21.6 Å². The van der Waals surface area contributed by atoms with Gasteiger partial charge in [-0.2, -0.15) is 0 Å². The molecule has 7 nitrogen and oxygen atoms in total. The molecule has 1 aliphatic carbocycles. The van der Waals surface area contributed by atoms with E-state index in [4.69, 9.17) is 28.2 Å². The Hall–Kier alpha value is -3.46. The predicted octanol–water partition coefficient (Wildman–Crippen LogP) is 7.25. The highest BCUT2D eigenvalue weighted by Gasteiger charge is 2.63. The number of hydrogen-bond acceptors (Lipinski definition) is 4. The number of carboxylic acids is 1. The van der Waals surface area contributed by atoms with E-state index >= 15 is 4.39 Å². The van der Waals surface area contributed by atoms with Gasteiger partial charge < -0.3 is 15.0 Å². The zero-order valence-electron chi connectivity index (χ0n) is 23.8. The minimum absolute atomic E-state index is 0.00134. The molecule has 1 saturated carbocycles. The molecule has 0 radical (unpaired) electrons. The van der Waals surface area contributed by atoms with Gasteiger partial charge in [0.15, 0.2) is 0 Å². The van der Waals surface area contributed by atoms with E-state index in [9.17, 15) is 14.7 Å². The number of carbonyl (C=O) groups is 2. The number of carbonyl (C=O) groups excluding carboxylic acids is 1. The minimum atomic E-state index is -1.17. The summed E-state index contributed by atoms with van der Waals surface area (Å²) in [5, 5.41) is 13.4. The summed E-state index contributed by atoms with van der Waals surface area (Å²) in [6, 6.07) is 15.2. The number of aromatic carboxylic acids is 1. The number of benzene rings is 3. The fourth-order valence-electron chi connectivity index (χ4n) is 7.49. The van der Waals surface area contributed by atoms with Gasteiger partial charge in [0.25, 0.3) is 0 Å². The van der Waals surface area contributed by atoms with Gasteiger partial charge in [0.2, 0.25) is 5.91 Å². The third kappa shape index (κ3) is 4.53. The second-order valence-electron chi connectivity index (χ2n) is 12.3. The summed E-state index contributed by atoms with van der Waals surface area (Å²) in [6.45, 7) is 5.09. The van der Waals surface area contributed by atoms with Crippen LogP contribution < -0.4 is 5.32 Å². The van der Waals surface area contributed by atoms with E-state index in [1.165, 1.54) is 6.07 Å². The molecule has 1 aromatic heterocycles. The number of aromatic nitrogens is 2. The number of nitrogens with zero attached hydrogens (tertiary/aromatic N) is 3. The molecule has 10 heteroatoms. The van der Waals surface area contributed by atoms with Crippen LogP contribution in [0.4, 0.5) is 10.1 Å². The molecule has 2 N–H and O–H groups in total. The number of amides is 1. The largest absolute Gasteiger partial charge is 0.478 e. The number of imidazole rings is 1. The number of rotatable bonds is 6. The van der Waals surface area contributed by atoms with E-state index in [0.717, 1.165) is 35.3 Å². The van der Waals surface area contributed by atoms with Gasteiger partial charge in [0, 0.05) is 41.7 Å². The first-order valence-electron chi connectivity index (χ1n) is 14.6. The lowest BCUT2D eigenvalue weighted by Crippen LogP contribution is -2.56. The number of halogens is 3. The first kappa shape index (κ1) is 28.3. The second-order valence-corrected chi connectivity index (χ2v) is 13.1. The molecule has 0 bridgehead atoms. The normalized spacial score (nSPS) is 25.0. The van der Waals surface area contributed by atoms with E-state index in [1.54, 1.807) is 48.5 Å². The maximum atomic E-state index is 16.1. The van der Waals surface area contributed by atoms with E-state index in [0.29, 0.717) is 41.7 Å². The van der Waals surface area contributed by atoms with Crippen LogP contribution in [0.5, 0.6) is 0 Å². The van der Waals surface area contributed by atoms with Crippen molar-refractivity contribution in [1.82, 2.24) is 14.5 Å². The van der Waals surface area contributed by atoms with Crippen molar-refractivity contribution in [2.75, 3.05) is 11.9 Å². The summed E-state index contributed by atoms with van der Waals surface area (Å²) in [7, 11) is 0. The fraction of sp³-hybridized carbons (Fsp3) is 0.364. The minimum Gasteiger partial charge on any atom is -0.478 e. The van der Waals surface area contributed by atoms with Crippen LogP contribution in [0.25, 0.3) is 11.0 Å². The van der Waals surface area contributed by atoms with Crippen LogP contribution in [0, 0.1) is 18.7 Å². The summed E-state index contributed by atoms with van der Waals surface area (Å²) >= 11 is 12.6. The zero-order chi connectivity index (χ0) is 30.2. The lowest BCUT2D eigenvalue weighted by Gasteiger charge is -2.40. The standard InChI is InChI=1S/C33H31Cl2FN4O3/c1-17-13-19(31(41)42)14-25-29(17)38-30-26-24(11-12-39(25)30)40(16-18-9-10-18)33(2,27(26)22-7-4-8-23(35)28(22)36)32(43)37-21-6-3-5-20(34)15-21/h3-8,13-15,18,24,26-27H,9-12,16H2,1-2H3,(H,37,43)(H,41,42)/t24-,26+,27-,33+/m0/s1. The molecule has 4 aromatic rings. The molecule has 7 rings (SSSR count). The molecule has 3 heterocycles. The number of hydrogen-bond donors (Lipinski definition) is 2. The highest BCUT2D eigenvalue weighted by molar-refractivity contribution is 6.31. The maximum Gasteiger partial charge on any atom is 0.335 e. The Labute approximate surface area is 258 Å². The lowest BCUT2D eigenvalue weighted by molar-refractivity contribution is -0.127. The van der Waals surface area contributed by atoms with Crippen LogP contribution in [0.1, 0.15) is 65.3 Å². The molecular formula is C33H31Cl2FN4O3. The van der Waals surface area contributed by atoms with Gasteiger partial charge in [-0.25, -0.2) is 14.2 Å². The van der Waals surface area contributed by atoms with Crippen molar-refractivity contribution in [2.24, 2.45) is 5.92 Å². The Balaban J connectivity index is 1.45. The van der Waals surface area contributed by atoms with E-state index < -0.39 is 23.2 Å². The molecule has 0 spiro atoms. The first-order chi connectivity index (χ1) is 20.6. The molecular weight excluding hydrogens is 590 g/mol. The average molecular weight is 622 g/mol. The van der Waals surface area contributed by atoms with Crippen LogP contribution in [0.3, 0.4) is 0 Å². The van der Waals surface area contributed by atoms with Gasteiger partial charge in [-0.1, -0.05) is 41.4 Å². The molecule has 1 saturated heterocycles. The Morgan fingerprint density at radius 3 is 2.60 bits per heavy atom. The third-order valence-electron chi connectivity index (χ3n) is 9.65. The van der Waals surface area contributed by atoms with Crippen molar-refractivity contribution in [3.63, 3.8) is 0 Å². The Morgan fingerprint density at radius 1 is 1.12 bits per heavy atom. The smallest absolute Gasteiger partial charge is 0.335 e. The quantitative estimate of drug-likeness (QED) is 0.237. The summed E-state index contributed by atoms with van der Waals surface area (Å²) in [6.07, 6.45) is 2.88. The Bertz CT molecular complexity index is 1800. The van der Waals surface area contributed by atoms with Crippen LogP contribution in [-0.4, -0.2) is 49.6 Å². The van der Waals surface area contributed by atoms with E-state index in [2.05, 4.69) is 14.8 Å². The molecule has 0 unspecified atom stereocenters. The maximum absolute atomic E-state index is 16.1. The Morgan fingerprint density at radius 2 is 1.88 bits per heavy atom. The van der Waals surface area contributed by atoms with Crippen LogP contribution in [0.2, 0.25) is 10.0 Å². The highest BCUT2D eigenvalue weighted by Crippen LogP contribution is 2.58. The number of fused-ring (bicyclic) bond motifs is 5. The lowest BCUT2D eigenvalue weighted by atomic mass is 9.73. The number of carboxylic acid groups (broad SMARTS) is 1. The fourth-order valence-corrected chi connectivity index (χ4v) is 7.86. The zero-order valence-corrected chi connectivity index (χ0v) is 25.3. The molecule has 43 heavy (non-hydrogen) atoms. The summed E-state index contributed by atoms with van der Waals surface area (Å²) < 4.78 is 18.2. The van der Waals surface area contributed by atoms with Crippen molar-refractivity contribution in [3.8, 4) is 0 Å². The molecule has 3 aliphatic rings. The van der Waals surface area contributed by atoms with Gasteiger partial charge in [-0.3, -0.25) is 9.69 Å². The van der Waals surface area contributed by atoms with Gasteiger partial charge in [-0.05, 0) is 86.6 Å². The molecule has 2 aliphatic heterocycles. The van der Waals surface area contributed by atoms with Crippen molar-refractivity contribution in [2.45, 2.75) is 63.1 Å². The summed E-state index contributed by atoms with van der Waals surface area (Å²) in [5.74, 6) is -1.58. The van der Waals surface area contributed by atoms with Crippen LogP contribution in [0.15, 0.2) is 54.6 Å². The molecule has 3 aromatic carbocycles. The first-order valence-corrected chi connectivity index (χ1v) is 15.3. The molecule has 4 atom stereocenters. The van der Waals surface area contributed by atoms with Crippen molar-refractivity contribution >= 4 is 51.8 Å². The second kappa shape index (κ2) is 10.3. The number of aryl methyl sites for hydroxylation is 2. The third-order valence-corrected chi connectivity index (χ3v) is 10.2. The van der Waals surface area contributed by atoms with Crippen molar-refractivity contribution < 1.29 is 19.1 Å². The van der Waals surface area contributed by atoms with Crippen molar-refractivity contribution in [3.05, 3.63) is 93.0 Å². The van der Waals surface area contributed by atoms with Gasteiger partial charge in [-0.15, -0.1) is 0 Å². The summed E-state index contributed by atoms with van der Waals surface area (Å²) in [5.41, 5.74) is 2.18. The van der Waals surface area contributed by atoms with Crippen LogP contribution >= 0.6 is 23.2 Å². The predicted molar refractivity (Wildman–Crippen MR) is 165 cm³/mol. The molecule has 222 valence electrons. The number of nitrogens with one attached hydrogen (secondary N) is 1. The highest BCUT2D eigenvalue weighted by atomic mass is 35.5. The van der Waals surface area contributed by atoms with E-state index in [1.807, 2.05) is 13.8 Å². The average Bonchev–Trinajstić information content (AvgIpc) is 3.65. The number of likely N-dealkylation sites (tertiary alicyclic amines) is 1. The van der Waals surface area contributed by atoms with Crippen LogP contribution in [-0.2, 0) is 11.3 Å². The topological polar surface area (TPSA) is 87.5 Å². The molecule has 1 amide bonds. The SMILES string of the molecule is Cc1cc(C(=O)O)cc2c1nc1n2CC[C@H]2[C@@H]1[C@H](c1cccc(Cl)c1F)[C@](C)(C(=O)Nc1cccc(Cl)c1)N2CC1CC1. The monoisotopic (exact) mass is 620 g/mol. The molecule has 2 fully saturated rings. The van der Waals surface area contributed by atoms with Gasteiger partial charge >= 0.3 is 5.97 Å².